The van der Waals surface area contributed by atoms with Crippen LogP contribution in [0, 0.1) is 26.6 Å². The second-order valence-electron chi connectivity index (χ2n) is 7.50. The third-order valence-electron chi connectivity index (χ3n) is 5.95. The van der Waals surface area contributed by atoms with Crippen LogP contribution in [0.4, 0.5) is 4.39 Å². The van der Waals surface area contributed by atoms with Gasteiger partial charge in [0.2, 0.25) is 0 Å². The van der Waals surface area contributed by atoms with E-state index < -0.39 is 11.8 Å². The molecule has 0 saturated carbocycles. The van der Waals surface area contributed by atoms with Crippen LogP contribution < -0.4 is 4.74 Å². The standard InChI is InChI=1S/C22H22FO4P/c1-10-13-5-4-6-27-21(13)17(23)7-14(10)19-12(3)16-9-28-22(26)20(16)11(2)15(19)8-18(24)25/h7,28H,4-6,8-9H2,1-3H3,(H,24,25). The van der Waals surface area contributed by atoms with Gasteiger partial charge in [0.15, 0.2) is 17.1 Å². The van der Waals surface area contributed by atoms with E-state index in [-0.39, 0.29) is 20.5 Å². The van der Waals surface area contributed by atoms with Crippen molar-refractivity contribution < 1.29 is 23.8 Å². The number of aliphatic carboxylic acids is 1. The number of carbonyl (C=O) groups excluding carboxylic acids is 1. The summed E-state index contributed by atoms with van der Waals surface area (Å²) in [5.74, 6) is -1.05. The molecule has 0 amide bonds. The van der Waals surface area contributed by atoms with Crippen molar-refractivity contribution in [2.24, 2.45) is 0 Å². The first kappa shape index (κ1) is 19.1. The van der Waals surface area contributed by atoms with Gasteiger partial charge in [0.25, 0.3) is 0 Å². The summed E-state index contributed by atoms with van der Waals surface area (Å²) in [5, 5.41) is 9.51. The summed E-state index contributed by atoms with van der Waals surface area (Å²) in [4.78, 5) is 24.0. The largest absolute Gasteiger partial charge is 0.490 e. The Kier molecular flexibility index (Phi) is 4.75. The number of fused-ring (bicyclic) bond motifs is 2. The Balaban J connectivity index is 2.06. The first-order valence-corrected chi connectivity index (χ1v) is 10.6. The number of rotatable bonds is 3. The third kappa shape index (κ3) is 2.84. The van der Waals surface area contributed by atoms with Gasteiger partial charge in [-0.15, -0.1) is 0 Å². The van der Waals surface area contributed by atoms with Crippen LogP contribution in [0.25, 0.3) is 11.1 Å². The van der Waals surface area contributed by atoms with Crippen LogP contribution in [0.3, 0.4) is 0 Å². The molecule has 1 atom stereocenters. The predicted molar refractivity (Wildman–Crippen MR) is 108 cm³/mol. The van der Waals surface area contributed by atoms with E-state index in [2.05, 4.69) is 0 Å². The van der Waals surface area contributed by atoms with Crippen molar-refractivity contribution in [2.45, 2.75) is 46.2 Å². The van der Waals surface area contributed by atoms with E-state index in [4.69, 9.17) is 4.74 Å². The average Bonchev–Trinajstić information content (AvgIpc) is 3.05. The van der Waals surface area contributed by atoms with E-state index >= 15 is 0 Å². The molecule has 0 radical (unpaired) electrons. The molecule has 1 unspecified atom stereocenters. The van der Waals surface area contributed by atoms with Gasteiger partial charge < -0.3 is 9.84 Å². The van der Waals surface area contributed by atoms with Gasteiger partial charge in [0, 0.05) is 11.1 Å². The molecular weight excluding hydrogens is 378 g/mol. The van der Waals surface area contributed by atoms with Crippen molar-refractivity contribution in [3.05, 3.63) is 50.8 Å². The highest BCUT2D eigenvalue weighted by atomic mass is 31.1. The smallest absolute Gasteiger partial charge is 0.307 e. The molecule has 0 saturated heterocycles. The van der Waals surface area contributed by atoms with Gasteiger partial charge >= 0.3 is 5.97 Å². The lowest BCUT2D eigenvalue weighted by Gasteiger charge is -2.25. The molecule has 0 aliphatic carbocycles. The number of benzene rings is 2. The van der Waals surface area contributed by atoms with Gasteiger partial charge in [-0.05, 0) is 93.4 Å². The van der Waals surface area contributed by atoms with E-state index in [1.165, 1.54) is 6.07 Å². The minimum atomic E-state index is -0.962. The van der Waals surface area contributed by atoms with Crippen LogP contribution in [0.15, 0.2) is 6.07 Å². The second kappa shape index (κ2) is 6.97. The number of carboxylic acids is 1. The highest BCUT2D eigenvalue weighted by Gasteiger charge is 2.31. The normalized spacial score (nSPS) is 16.1. The van der Waals surface area contributed by atoms with Gasteiger partial charge in [-0.1, -0.05) is 0 Å². The van der Waals surface area contributed by atoms with Crippen LogP contribution in [0.5, 0.6) is 5.75 Å². The Labute approximate surface area is 164 Å². The predicted octanol–water partition coefficient (Wildman–Crippen LogP) is 4.70. The van der Waals surface area contributed by atoms with Crippen LogP contribution in [0.1, 0.15) is 50.2 Å². The lowest BCUT2D eigenvalue weighted by atomic mass is 9.81. The molecule has 0 aromatic heterocycles. The Morgan fingerprint density at radius 3 is 2.64 bits per heavy atom. The van der Waals surface area contributed by atoms with Crippen molar-refractivity contribution in [2.75, 3.05) is 6.61 Å². The summed E-state index contributed by atoms with van der Waals surface area (Å²) in [7, 11) is 0.179. The minimum absolute atomic E-state index is 0.0931. The molecule has 0 fully saturated rings. The van der Waals surface area contributed by atoms with Crippen molar-refractivity contribution in [3.8, 4) is 16.9 Å². The van der Waals surface area contributed by atoms with Crippen molar-refractivity contribution in [1.82, 2.24) is 0 Å². The second-order valence-corrected chi connectivity index (χ2v) is 8.66. The molecule has 4 rings (SSSR count). The molecule has 2 aliphatic heterocycles. The van der Waals surface area contributed by atoms with Gasteiger partial charge in [-0.2, -0.15) is 0 Å². The van der Waals surface area contributed by atoms with Crippen molar-refractivity contribution >= 4 is 20.1 Å². The number of ether oxygens (including phenoxy) is 1. The summed E-state index contributed by atoms with van der Waals surface area (Å²) >= 11 is 0. The Hall–Kier alpha value is -2.26. The molecule has 6 heteroatoms. The fourth-order valence-electron chi connectivity index (χ4n) is 4.57. The van der Waals surface area contributed by atoms with Gasteiger partial charge in [-0.25, -0.2) is 4.39 Å². The summed E-state index contributed by atoms with van der Waals surface area (Å²) in [6.45, 7) is 6.20. The molecule has 28 heavy (non-hydrogen) atoms. The summed E-state index contributed by atoms with van der Waals surface area (Å²) in [5.41, 5.74) is 7.26. The number of hydrogen-bond donors (Lipinski definition) is 1. The molecule has 2 aromatic rings. The van der Waals surface area contributed by atoms with Crippen LogP contribution in [-0.2, 0) is 23.8 Å². The van der Waals surface area contributed by atoms with Gasteiger partial charge in [0.05, 0.1) is 13.0 Å². The first-order valence-electron chi connectivity index (χ1n) is 9.41. The molecular formula is C22H22FO4P. The zero-order valence-electron chi connectivity index (χ0n) is 16.2. The number of hydrogen-bond acceptors (Lipinski definition) is 3. The number of carboxylic acid groups (broad SMARTS) is 1. The molecule has 0 bridgehead atoms. The molecule has 4 nitrogen and oxygen atoms in total. The van der Waals surface area contributed by atoms with E-state index in [9.17, 15) is 19.1 Å². The SMILES string of the molecule is Cc1c(-c2c(C)c3c(c(C)c2CC(=O)O)C(=O)PC3)cc(F)c2c1CCCO2. The van der Waals surface area contributed by atoms with Crippen LogP contribution >= 0.6 is 8.58 Å². The molecule has 2 aliphatic rings. The van der Waals surface area contributed by atoms with Gasteiger partial charge in [0.1, 0.15) is 0 Å². The lowest BCUT2D eigenvalue weighted by Crippen LogP contribution is -2.14. The quantitative estimate of drug-likeness (QED) is 0.759. The number of halogens is 1. The molecule has 2 aromatic carbocycles. The maximum Gasteiger partial charge on any atom is 0.307 e. The summed E-state index contributed by atoms with van der Waals surface area (Å²) in [6, 6.07) is 1.47. The van der Waals surface area contributed by atoms with Crippen molar-refractivity contribution in [3.63, 3.8) is 0 Å². The molecule has 2 heterocycles. The molecule has 146 valence electrons. The highest BCUT2D eigenvalue weighted by Crippen LogP contribution is 2.46. The zero-order chi connectivity index (χ0) is 20.2. The van der Waals surface area contributed by atoms with Crippen LogP contribution in [-0.4, -0.2) is 23.2 Å². The third-order valence-corrected chi connectivity index (χ3v) is 7.05. The Bertz CT molecular complexity index is 1040. The van der Waals surface area contributed by atoms with Gasteiger partial charge in [-0.3, -0.25) is 9.59 Å². The topological polar surface area (TPSA) is 63.6 Å². The summed E-state index contributed by atoms with van der Waals surface area (Å²) < 4.78 is 20.4. The van der Waals surface area contributed by atoms with Crippen LogP contribution in [0.2, 0.25) is 0 Å². The fourth-order valence-corrected chi connectivity index (χ4v) is 5.86. The van der Waals surface area contributed by atoms with E-state index in [0.29, 0.717) is 35.2 Å². The minimum Gasteiger partial charge on any atom is -0.490 e. The molecule has 1 N–H and O–H groups in total. The fraction of sp³-hybridized carbons (Fsp3) is 0.364. The van der Waals surface area contributed by atoms with Crippen molar-refractivity contribution in [1.29, 1.82) is 0 Å². The highest BCUT2D eigenvalue weighted by molar-refractivity contribution is 7.59. The van der Waals surface area contributed by atoms with E-state index in [1.54, 1.807) is 0 Å². The maximum atomic E-state index is 14.9. The Morgan fingerprint density at radius 2 is 1.93 bits per heavy atom. The first-order chi connectivity index (χ1) is 13.3. The summed E-state index contributed by atoms with van der Waals surface area (Å²) in [6.07, 6.45) is 2.05. The zero-order valence-corrected chi connectivity index (χ0v) is 17.2. The van der Waals surface area contributed by atoms with E-state index in [0.717, 1.165) is 46.2 Å². The maximum absolute atomic E-state index is 14.9. The van der Waals surface area contributed by atoms with E-state index in [1.807, 2.05) is 20.8 Å². The molecule has 0 spiro atoms. The average molecular weight is 400 g/mol. The Morgan fingerprint density at radius 1 is 1.18 bits per heavy atom. The lowest BCUT2D eigenvalue weighted by molar-refractivity contribution is -0.136. The number of carbonyl (C=O) groups is 2. The monoisotopic (exact) mass is 400 g/mol.